The van der Waals surface area contributed by atoms with Gasteiger partial charge >= 0.3 is 0 Å². The van der Waals surface area contributed by atoms with Crippen LogP contribution in [-0.2, 0) is 4.79 Å². The Hall–Kier alpha value is -3.13. The molecule has 1 saturated carbocycles. The minimum absolute atomic E-state index is 0.0180. The maximum Gasteiger partial charge on any atom is 0.271 e. The second kappa shape index (κ2) is 9.34. The van der Waals surface area contributed by atoms with E-state index in [0.717, 1.165) is 17.7 Å². The molecule has 0 radical (unpaired) electrons. The van der Waals surface area contributed by atoms with Crippen LogP contribution in [0.3, 0.4) is 0 Å². The average Bonchev–Trinajstić information content (AvgIpc) is 3.57. The SMILES string of the molecule is CNCC=CC(=O)N1CC(N(CC2CC2)c2cc(-c3ccnc(OC)c3)c[nH]c2=O)C1. The lowest BCUT2D eigenvalue weighted by molar-refractivity contribution is -0.130. The predicted molar refractivity (Wildman–Crippen MR) is 120 cm³/mol. The molecule has 1 saturated heterocycles. The Kier molecular flexibility index (Phi) is 6.36. The molecule has 1 aliphatic heterocycles. The Morgan fingerprint density at radius 1 is 1.35 bits per heavy atom. The first-order chi connectivity index (χ1) is 15.1. The Labute approximate surface area is 181 Å². The van der Waals surface area contributed by atoms with Crippen molar-refractivity contribution >= 4 is 11.6 Å². The fraction of sp³-hybridized carbons (Fsp3) is 0.435. The third-order valence-corrected chi connectivity index (χ3v) is 5.82. The molecular weight excluding hydrogens is 394 g/mol. The Morgan fingerprint density at radius 2 is 2.16 bits per heavy atom. The van der Waals surface area contributed by atoms with Crippen LogP contribution < -0.4 is 20.5 Å². The van der Waals surface area contributed by atoms with Crippen molar-refractivity contribution in [3.63, 3.8) is 0 Å². The third-order valence-electron chi connectivity index (χ3n) is 5.82. The summed E-state index contributed by atoms with van der Waals surface area (Å²) >= 11 is 0. The average molecular weight is 424 g/mol. The Balaban J connectivity index is 1.54. The summed E-state index contributed by atoms with van der Waals surface area (Å²) in [6, 6.07) is 5.83. The molecule has 2 fully saturated rings. The molecule has 8 nitrogen and oxygen atoms in total. The lowest BCUT2D eigenvalue weighted by atomic mass is 10.0. The van der Waals surface area contributed by atoms with Crippen LogP contribution in [0.15, 0.2) is 47.5 Å². The molecule has 31 heavy (non-hydrogen) atoms. The lowest BCUT2D eigenvalue weighted by Crippen LogP contribution is -2.62. The van der Waals surface area contributed by atoms with Crippen LogP contribution in [0.2, 0.25) is 0 Å². The number of carbonyl (C=O) groups is 1. The smallest absolute Gasteiger partial charge is 0.271 e. The summed E-state index contributed by atoms with van der Waals surface area (Å²) in [6.07, 6.45) is 9.24. The molecule has 0 atom stereocenters. The number of amides is 1. The first-order valence-electron chi connectivity index (χ1n) is 10.7. The van der Waals surface area contributed by atoms with E-state index in [2.05, 4.69) is 20.2 Å². The highest BCUT2D eigenvalue weighted by Crippen LogP contribution is 2.34. The number of methoxy groups -OCH3 is 1. The summed E-state index contributed by atoms with van der Waals surface area (Å²) in [5.74, 6) is 1.16. The van der Waals surface area contributed by atoms with Gasteiger partial charge in [-0.2, -0.15) is 0 Å². The van der Waals surface area contributed by atoms with Crippen LogP contribution in [0.25, 0.3) is 11.1 Å². The van der Waals surface area contributed by atoms with Gasteiger partial charge in [0.15, 0.2) is 0 Å². The van der Waals surface area contributed by atoms with Crippen LogP contribution in [0, 0.1) is 5.92 Å². The highest BCUT2D eigenvalue weighted by atomic mass is 16.5. The van der Waals surface area contributed by atoms with Crippen LogP contribution >= 0.6 is 0 Å². The molecule has 2 aromatic heterocycles. The normalized spacial score (nSPS) is 16.4. The fourth-order valence-corrected chi connectivity index (χ4v) is 3.79. The van der Waals surface area contributed by atoms with Gasteiger partial charge in [-0.25, -0.2) is 4.98 Å². The number of hydrogen-bond acceptors (Lipinski definition) is 6. The van der Waals surface area contributed by atoms with E-state index >= 15 is 0 Å². The van der Waals surface area contributed by atoms with Crippen molar-refractivity contribution in [2.75, 3.05) is 45.2 Å². The van der Waals surface area contributed by atoms with Gasteiger partial charge < -0.3 is 24.8 Å². The van der Waals surface area contributed by atoms with Crippen LogP contribution in [-0.4, -0.2) is 67.2 Å². The molecule has 2 aromatic rings. The second-order valence-electron chi connectivity index (χ2n) is 8.14. The number of hydrogen-bond donors (Lipinski definition) is 2. The van der Waals surface area contributed by atoms with Crippen molar-refractivity contribution in [1.82, 2.24) is 20.2 Å². The minimum Gasteiger partial charge on any atom is -0.481 e. The highest BCUT2D eigenvalue weighted by molar-refractivity contribution is 5.88. The summed E-state index contributed by atoms with van der Waals surface area (Å²) in [5.41, 5.74) is 2.38. The molecule has 2 N–H and O–H groups in total. The minimum atomic E-state index is -0.107. The van der Waals surface area contributed by atoms with Gasteiger partial charge in [-0.3, -0.25) is 9.59 Å². The van der Waals surface area contributed by atoms with E-state index in [1.165, 1.54) is 12.8 Å². The Morgan fingerprint density at radius 3 is 2.87 bits per heavy atom. The molecule has 8 heteroatoms. The highest BCUT2D eigenvalue weighted by Gasteiger charge is 2.37. The molecule has 164 valence electrons. The van der Waals surface area contributed by atoms with E-state index in [1.807, 2.05) is 36.2 Å². The number of likely N-dealkylation sites (N-methyl/N-ethyl adjacent to an activating group) is 1. The third kappa shape index (κ3) is 4.96. The van der Waals surface area contributed by atoms with Gasteiger partial charge in [-0.05, 0) is 43.5 Å². The number of nitrogens with one attached hydrogen (secondary N) is 2. The van der Waals surface area contributed by atoms with E-state index < -0.39 is 0 Å². The van der Waals surface area contributed by atoms with E-state index in [1.54, 1.807) is 25.6 Å². The van der Waals surface area contributed by atoms with Crippen molar-refractivity contribution in [1.29, 1.82) is 0 Å². The van der Waals surface area contributed by atoms with Gasteiger partial charge in [0.25, 0.3) is 5.56 Å². The number of ether oxygens (including phenoxy) is 1. The first kappa shape index (κ1) is 21.1. The molecule has 0 unspecified atom stereocenters. The van der Waals surface area contributed by atoms with E-state index in [4.69, 9.17) is 4.74 Å². The van der Waals surface area contributed by atoms with E-state index in [0.29, 0.717) is 37.1 Å². The monoisotopic (exact) mass is 423 g/mol. The fourth-order valence-electron chi connectivity index (χ4n) is 3.79. The number of pyridine rings is 2. The molecule has 1 aliphatic carbocycles. The number of aromatic amines is 1. The summed E-state index contributed by atoms with van der Waals surface area (Å²) in [5, 5.41) is 2.99. The van der Waals surface area contributed by atoms with Crippen LogP contribution in [0.5, 0.6) is 5.88 Å². The summed E-state index contributed by atoms with van der Waals surface area (Å²) in [4.78, 5) is 36.1. The molecule has 1 amide bonds. The standard InChI is InChI=1S/C23H29N5O3/c1-24-8-3-4-22(29)27-14-19(15-27)28(13-16-5-6-16)20-10-18(12-26-23(20)30)17-7-9-25-21(11-17)31-2/h3-4,7,9-12,16,19,24H,5-6,8,13-15H2,1-2H3,(H,26,30). The molecule has 3 heterocycles. The van der Waals surface area contributed by atoms with Crippen LogP contribution in [0.4, 0.5) is 5.69 Å². The quantitative estimate of drug-likeness (QED) is 0.596. The van der Waals surface area contributed by atoms with Crippen molar-refractivity contribution in [3.8, 4) is 17.0 Å². The zero-order valence-corrected chi connectivity index (χ0v) is 18.0. The zero-order chi connectivity index (χ0) is 21.8. The van der Waals surface area contributed by atoms with Gasteiger partial charge in [-0.1, -0.05) is 6.08 Å². The van der Waals surface area contributed by atoms with Crippen molar-refractivity contribution in [3.05, 3.63) is 53.1 Å². The van der Waals surface area contributed by atoms with Crippen molar-refractivity contribution in [2.45, 2.75) is 18.9 Å². The largest absolute Gasteiger partial charge is 0.481 e. The van der Waals surface area contributed by atoms with Crippen molar-refractivity contribution < 1.29 is 9.53 Å². The molecule has 4 rings (SSSR count). The van der Waals surface area contributed by atoms with Gasteiger partial charge in [0, 0.05) is 56.3 Å². The summed E-state index contributed by atoms with van der Waals surface area (Å²) in [6.45, 7) is 2.76. The Bertz CT molecular complexity index is 1010. The number of likely N-dealkylation sites (tertiary alicyclic amines) is 1. The molecular formula is C23H29N5O3. The maximum atomic E-state index is 12.8. The second-order valence-corrected chi connectivity index (χ2v) is 8.14. The topological polar surface area (TPSA) is 90.6 Å². The lowest BCUT2D eigenvalue weighted by Gasteiger charge is -2.46. The molecule has 0 bridgehead atoms. The predicted octanol–water partition coefficient (Wildman–Crippen LogP) is 1.65. The summed E-state index contributed by atoms with van der Waals surface area (Å²) in [7, 11) is 3.43. The van der Waals surface area contributed by atoms with E-state index in [-0.39, 0.29) is 17.5 Å². The zero-order valence-electron chi connectivity index (χ0n) is 18.0. The first-order valence-corrected chi connectivity index (χ1v) is 10.7. The molecule has 0 spiro atoms. The van der Waals surface area contributed by atoms with Gasteiger partial charge in [0.05, 0.1) is 13.2 Å². The van der Waals surface area contributed by atoms with Gasteiger partial charge in [-0.15, -0.1) is 0 Å². The number of H-pyrrole nitrogens is 1. The van der Waals surface area contributed by atoms with E-state index in [9.17, 15) is 9.59 Å². The number of nitrogens with zero attached hydrogens (tertiary/aromatic N) is 3. The van der Waals surface area contributed by atoms with Gasteiger partial charge in [0.2, 0.25) is 11.8 Å². The maximum absolute atomic E-state index is 12.8. The molecule has 2 aliphatic rings. The number of carbonyl (C=O) groups excluding carboxylic acids is 1. The number of anilines is 1. The van der Waals surface area contributed by atoms with Crippen LogP contribution in [0.1, 0.15) is 12.8 Å². The molecule has 0 aromatic carbocycles. The van der Waals surface area contributed by atoms with Crippen molar-refractivity contribution in [2.24, 2.45) is 5.92 Å². The summed E-state index contributed by atoms with van der Waals surface area (Å²) < 4.78 is 5.23. The number of aromatic nitrogens is 2. The number of rotatable bonds is 9. The van der Waals surface area contributed by atoms with Gasteiger partial charge in [0.1, 0.15) is 5.69 Å².